The molecule has 0 saturated carbocycles. The molecule has 5 heteroatoms. The van der Waals surface area contributed by atoms with Gasteiger partial charge in [-0.15, -0.1) is 0 Å². The van der Waals surface area contributed by atoms with Gasteiger partial charge in [-0.1, -0.05) is 38.5 Å². The van der Waals surface area contributed by atoms with Crippen LogP contribution in [-0.4, -0.2) is 25.8 Å². The van der Waals surface area contributed by atoms with Crippen LogP contribution in [0.1, 0.15) is 40.0 Å². The molecule has 0 aliphatic heterocycles. The molecule has 0 rings (SSSR count). The van der Waals surface area contributed by atoms with E-state index in [1.165, 1.54) is 42.7 Å². The largest absolute Gasteiger partial charge is 0.417 e. The predicted molar refractivity (Wildman–Crippen MR) is 81.4 cm³/mol. The monoisotopic (exact) mass is 276 g/mol. The van der Waals surface area contributed by atoms with Crippen molar-refractivity contribution >= 4 is 25.2 Å². The van der Waals surface area contributed by atoms with Gasteiger partial charge in [0.25, 0.3) is 0 Å². The van der Waals surface area contributed by atoms with E-state index >= 15 is 0 Å². The van der Waals surface area contributed by atoms with Crippen molar-refractivity contribution in [1.82, 2.24) is 0 Å². The fraction of sp³-hybridized carbons (Fsp3) is 0.917. The summed E-state index contributed by atoms with van der Waals surface area (Å²) in [4.78, 5) is 0. The molecule has 0 spiro atoms. The molecule has 0 amide bonds. The second kappa shape index (κ2) is 9.97. The van der Waals surface area contributed by atoms with Gasteiger partial charge in [-0.05, 0) is 31.5 Å². The molecule has 3 N–H and O–H groups in total. The molecule has 0 unspecified atom stereocenters. The van der Waals surface area contributed by atoms with Crippen LogP contribution in [0, 0.1) is 5.41 Å². The van der Waals surface area contributed by atoms with Gasteiger partial charge < -0.3 is 10.2 Å². The molecule has 102 valence electrons. The summed E-state index contributed by atoms with van der Waals surface area (Å²) in [5.41, 5.74) is 5.34. The molecule has 0 bridgehead atoms. The van der Waals surface area contributed by atoms with Crippen LogP contribution in [0.15, 0.2) is 0 Å². The lowest BCUT2D eigenvalue weighted by atomic mass is 10.5. The van der Waals surface area contributed by atoms with E-state index < -0.39 is 8.32 Å². The maximum absolute atomic E-state index is 7.19. The summed E-state index contributed by atoms with van der Waals surface area (Å²) in [6.07, 6.45) is 3.59. The van der Waals surface area contributed by atoms with Crippen LogP contribution < -0.4 is 5.73 Å². The maximum Gasteiger partial charge on any atom is 0.192 e. The lowest BCUT2D eigenvalue weighted by Gasteiger charge is -2.30. The molecular weight excluding hydrogens is 248 g/mol. The van der Waals surface area contributed by atoms with Gasteiger partial charge in [-0.2, -0.15) is 0 Å². The molecule has 0 aromatic heterocycles. The third-order valence-corrected chi connectivity index (χ3v) is 8.69. The van der Waals surface area contributed by atoms with Gasteiger partial charge >= 0.3 is 0 Å². The number of rotatable bonds is 10. The first kappa shape index (κ1) is 17.0. The summed E-state index contributed by atoms with van der Waals surface area (Å²) in [5.74, 6) is 0.963. The third-order valence-electron chi connectivity index (χ3n) is 2.90. The molecule has 0 atom stereocenters. The Balaban J connectivity index is 4.18. The van der Waals surface area contributed by atoms with E-state index in [4.69, 9.17) is 15.6 Å². The van der Waals surface area contributed by atoms with E-state index in [2.05, 4.69) is 20.8 Å². The molecule has 3 nitrogen and oxygen atoms in total. The lowest BCUT2D eigenvalue weighted by molar-refractivity contribution is 0.316. The first-order chi connectivity index (χ1) is 8.10. The van der Waals surface area contributed by atoms with Crippen molar-refractivity contribution in [3.05, 3.63) is 0 Å². The minimum atomic E-state index is -1.49. The zero-order valence-corrected chi connectivity index (χ0v) is 13.4. The smallest absolute Gasteiger partial charge is 0.192 e. The second-order valence-corrected chi connectivity index (χ2v) is 9.72. The molecule has 0 aromatic rings. The van der Waals surface area contributed by atoms with E-state index in [9.17, 15) is 0 Å². The molecule has 0 heterocycles. The minimum Gasteiger partial charge on any atom is -0.417 e. The lowest BCUT2D eigenvalue weighted by Crippen LogP contribution is -2.38. The van der Waals surface area contributed by atoms with Gasteiger partial charge in [0, 0.05) is 12.4 Å². The Morgan fingerprint density at radius 3 is 2.18 bits per heavy atom. The zero-order valence-electron chi connectivity index (χ0n) is 11.6. The molecule has 0 saturated heterocycles. The van der Waals surface area contributed by atoms with Crippen LogP contribution in [0.2, 0.25) is 18.1 Å². The Labute approximate surface area is 112 Å². The zero-order chi connectivity index (χ0) is 13.1. The van der Waals surface area contributed by atoms with Crippen LogP contribution in [0.4, 0.5) is 0 Å². The van der Waals surface area contributed by atoms with Crippen molar-refractivity contribution in [1.29, 1.82) is 5.41 Å². The standard InChI is InChI=1S/C12H28N2OSSi/c1-4-9-17(10-5-2,15-6-3)11-7-8-16-12(13)14/h4-11H2,1-3H3,(H3,13,14). The Morgan fingerprint density at radius 2 is 1.76 bits per heavy atom. The number of nitrogens with one attached hydrogen (secondary N) is 1. The number of amidine groups is 1. The van der Waals surface area contributed by atoms with Crippen LogP contribution in [-0.2, 0) is 4.43 Å². The second-order valence-electron chi connectivity index (χ2n) is 4.43. The third kappa shape index (κ3) is 7.84. The van der Waals surface area contributed by atoms with Crippen molar-refractivity contribution in [3.63, 3.8) is 0 Å². The van der Waals surface area contributed by atoms with Gasteiger partial charge in [0.15, 0.2) is 13.5 Å². The van der Waals surface area contributed by atoms with Crippen molar-refractivity contribution in [2.45, 2.75) is 58.2 Å². The number of thioether (sulfide) groups is 1. The molecule has 0 aliphatic carbocycles. The molecule has 17 heavy (non-hydrogen) atoms. The molecule has 0 aliphatic rings. The summed E-state index contributed by atoms with van der Waals surface area (Å²) < 4.78 is 6.16. The molecule has 0 aromatic carbocycles. The summed E-state index contributed by atoms with van der Waals surface area (Å²) in [6.45, 7) is 7.46. The first-order valence-electron chi connectivity index (χ1n) is 6.71. The maximum atomic E-state index is 7.19. The Morgan fingerprint density at radius 1 is 1.18 bits per heavy atom. The highest BCUT2D eigenvalue weighted by atomic mass is 32.2. The average molecular weight is 277 g/mol. The summed E-state index contributed by atoms with van der Waals surface area (Å²) in [5, 5.41) is 7.43. The van der Waals surface area contributed by atoms with Gasteiger partial charge in [0.1, 0.15) is 0 Å². The summed E-state index contributed by atoms with van der Waals surface area (Å²) in [7, 11) is -1.49. The fourth-order valence-corrected chi connectivity index (χ4v) is 7.59. The number of hydrogen-bond donors (Lipinski definition) is 2. The van der Waals surface area contributed by atoms with E-state index in [-0.39, 0.29) is 5.17 Å². The van der Waals surface area contributed by atoms with Gasteiger partial charge in [0.05, 0.1) is 0 Å². The Kier molecular flexibility index (Phi) is 9.97. The van der Waals surface area contributed by atoms with Crippen molar-refractivity contribution in [2.24, 2.45) is 5.73 Å². The van der Waals surface area contributed by atoms with Gasteiger partial charge in [-0.3, -0.25) is 5.41 Å². The van der Waals surface area contributed by atoms with Crippen LogP contribution in [0.5, 0.6) is 0 Å². The first-order valence-corrected chi connectivity index (χ1v) is 10.2. The predicted octanol–water partition coefficient (Wildman–Crippen LogP) is 3.81. The van der Waals surface area contributed by atoms with E-state index in [1.54, 1.807) is 0 Å². The van der Waals surface area contributed by atoms with Crippen molar-refractivity contribution < 1.29 is 4.43 Å². The summed E-state index contributed by atoms with van der Waals surface area (Å²) in [6, 6.07) is 3.78. The minimum absolute atomic E-state index is 0.236. The highest BCUT2D eigenvalue weighted by Gasteiger charge is 2.31. The highest BCUT2D eigenvalue weighted by molar-refractivity contribution is 8.13. The quantitative estimate of drug-likeness (QED) is 0.276. The van der Waals surface area contributed by atoms with Crippen LogP contribution in [0.25, 0.3) is 0 Å². The highest BCUT2D eigenvalue weighted by Crippen LogP contribution is 2.28. The number of hydrogen-bond acceptors (Lipinski definition) is 3. The average Bonchev–Trinajstić information content (AvgIpc) is 2.25. The van der Waals surface area contributed by atoms with Gasteiger partial charge in [0.2, 0.25) is 0 Å². The van der Waals surface area contributed by atoms with E-state index in [0.29, 0.717) is 0 Å². The molecule has 0 radical (unpaired) electrons. The molecular formula is C12H28N2OSSi. The van der Waals surface area contributed by atoms with E-state index in [1.807, 2.05) is 0 Å². The Hall–Kier alpha value is -0.00312. The van der Waals surface area contributed by atoms with E-state index in [0.717, 1.165) is 18.8 Å². The van der Waals surface area contributed by atoms with Crippen molar-refractivity contribution in [3.8, 4) is 0 Å². The van der Waals surface area contributed by atoms with Crippen LogP contribution >= 0.6 is 11.8 Å². The van der Waals surface area contributed by atoms with Crippen molar-refractivity contribution in [2.75, 3.05) is 12.4 Å². The molecule has 0 fully saturated rings. The Bertz CT molecular complexity index is 198. The number of nitrogens with two attached hydrogens (primary N) is 1. The topological polar surface area (TPSA) is 59.1 Å². The van der Waals surface area contributed by atoms with Crippen LogP contribution in [0.3, 0.4) is 0 Å². The SMILES string of the molecule is CCC[Si](CCC)(CCCSC(=N)N)OCC. The van der Waals surface area contributed by atoms with Gasteiger partial charge in [-0.25, -0.2) is 0 Å². The normalized spacial score (nSPS) is 11.7. The fourth-order valence-electron chi connectivity index (χ4n) is 2.39. The summed E-state index contributed by atoms with van der Waals surface area (Å²) >= 11 is 1.45.